The fourth-order valence-electron chi connectivity index (χ4n) is 2.87. The van der Waals surface area contributed by atoms with E-state index < -0.39 is 12.0 Å². The number of hydrogen-bond donors (Lipinski definition) is 1. The molecule has 1 aliphatic heterocycles. The minimum atomic E-state index is -0.874. The third-order valence-electron chi connectivity index (χ3n) is 3.94. The van der Waals surface area contributed by atoms with E-state index in [1.807, 2.05) is 6.92 Å². The molecule has 1 amide bonds. The molecule has 17 heavy (non-hydrogen) atoms. The van der Waals surface area contributed by atoms with Crippen LogP contribution < -0.4 is 0 Å². The first kappa shape index (κ1) is 12.7. The molecule has 0 aromatic carbocycles. The second-order valence-electron chi connectivity index (χ2n) is 5.05. The third-order valence-corrected chi connectivity index (χ3v) is 5.16. The fourth-order valence-corrected chi connectivity index (χ4v) is 4.05. The van der Waals surface area contributed by atoms with Gasteiger partial charge in [-0.1, -0.05) is 13.3 Å². The highest BCUT2D eigenvalue weighted by atomic mass is 32.2. The number of carboxylic acid groups (broad SMARTS) is 1. The maximum Gasteiger partial charge on any atom is 0.327 e. The second-order valence-corrected chi connectivity index (χ2v) is 6.40. The van der Waals surface area contributed by atoms with Gasteiger partial charge in [0, 0.05) is 11.7 Å². The van der Waals surface area contributed by atoms with Gasteiger partial charge in [0.05, 0.1) is 5.37 Å². The van der Waals surface area contributed by atoms with Crippen molar-refractivity contribution in [3.05, 3.63) is 0 Å². The zero-order chi connectivity index (χ0) is 12.6. The molecular weight excluding hydrogens is 238 g/mol. The predicted octanol–water partition coefficient (Wildman–Crippen LogP) is 1.80. The summed E-state index contributed by atoms with van der Waals surface area (Å²) in [7, 11) is 0. The van der Waals surface area contributed by atoms with E-state index in [-0.39, 0.29) is 17.2 Å². The number of nitrogens with zero attached hydrogens (tertiary/aromatic N) is 1. The van der Waals surface area contributed by atoms with E-state index in [2.05, 4.69) is 6.92 Å². The van der Waals surface area contributed by atoms with Gasteiger partial charge in [0.15, 0.2) is 0 Å². The Hall–Kier alpha value is -0.710. The molecule has 2 fully saturated rings. The summed E-state index contributed by atoms with van der Waals surface area (Å²) in [4.78, 5) is 25.2. The molecule has 4 atom stereocenters. The summed E-state index contributed by atoms with van der Waals surface area (Å²) in [6, 6.07) is -0.629. The van der Waals surface area contributed by atoms with Crippen LogP contribution in [0.2, 0.25) is 0 Å². The molecule has 96 valence electrons. The number of amides is 1. The molecular formula is C12H19NO3S. The van der Waals surface area contributed by atoms with Crippen molar-refractivity contribution in [3.63, 3.8) is 0 Å². The van der Waals surface area contributed by atoms with Crippen LogP contribution in [-0.4, -0.2) is 39.1 Å². The van der Waals surface area contributed by atoms with Crippen LogP contribution in [0.25, 0.3) is 0 Å². The predicted molar refractivity (Wildman–Crippen MR) is 66.7 cm³/mol. The van der Waals surface area contributed by atoms with Crippen molar-refractivity contribution in [2.24, 2.45) is 11.8 Å². The maximum atomic E-state index is 12.4. The van der Waals surface area contributed by atoms with Crippen LogP contribution in [0.1, 0.15) is 33.1 Å². The SMILES string of the molecule is CC1CCCC1C(=O)N1C(C)SCC1C(=O)O. The molecule has 0 bridgehead atoms. The molecule has 1 saturated carbocycles. The zero-order valence-electron chi connectivity index (χ0n) is 10.3. The number of aliphatic carboxylic acids is 1. The minimum absolute atomic E-state index is 0.00333. The van der Waals surface area contributed by atoms with Crippen molar-refractivity contribution in [3.8, 4) is 0 Å². The normalized spacial score (nSPS) is 37.4. The number of rotatable bonds is 2. The van der Waals surface area contributed by atoms with Crippen LogP contribution in [0.5, 0.6) is 0 Å². The smallest absolute Gasteiger partial charge is 0.327 e. The largest absolute Gasteiger partial charge is 0.480 e. The monoisotopic (exact) mass is 257 g/mol. The first-order valence-corrected chi connectivity index (χ1v) is 7.24. The highest BCUT2D eigenvalue weighted by molar-refractivity contribution is 8.00. The van der Waals surface area contributed by atoms with Crippen LogP contribution >= 0.6 is 11.8 Å². The van der Waals surface area contributed by atoms with E-state index in [1.54, 1.807) is 16.7 Å². The molecule has 0 aromatic heterocycles. The van der Waals surface area contributed by atoms with Gasteiger partial charge < -0.3 is 10.0 Å². The minimum Gasteiger partial charge on any atom is -0.480 e. The van der Waals surface area contributed by atoms with Gasteiger partial charge in [-0.2, -0.15) is 0 Å². The van der Waals surface area contributed by atoms with Crippen LogP contribution in [0, 0.1) is 11.8 Å². The molecule has 0 radical (unpaired) electrons. The molecule has 2 rings (SSSR count). The Morgan fingerprint density at radius 1 is 1.29 bits per heavy atom. The quantitative estimate of drug-likeness (QED) is 0.819. The van der Waals surface area contributed by atoms with Gasteiger partial charge in [-0.3, -0.25) is 4.79 Å². The zero-order valence-corrected chi connectivity index (χ0v) is 11.1. The van der Waals surface area contributed by atoms with E-state index in [4.69, 9.17) is 5.11 Å². The summed E-state index contributed by atoms with van der Waals surface area (Å²) in [6.45, 7) is 4.02. The average molecular weight is 257 g/mol. The molecule has 4 nitrogen and oxygen atoms in total. The maximum absolute atomic E-state index is 12.4. The Kier molecular flexibility index (Phi) is 3.66. The Bertz CT molecular complexity index is 334. The Morgan fingerprint density at radius 3 is 2.53 bits per heavy atom. The Labute approximate surface area is 106 Å². The lowest BCUT2D eigenvalue weighted by Gasteiger charge is -2.29. The van der Waals surface area contributed by atoms with Gasteiger partial charge in [-0.05, 0) is 25.7 Å². The van der Waals surface area contributed by atoms with E-state index in [0.29, 0.717) is 11.7 Å². The molecule has 2 aliphatic rings. The fraction of sp³-hybridized carbons (Fsp3) is 0.833. The summed E-state index contributed by atoms with van der Waals surface area (Å²) in [5, 5.41) is 9.15. The van der Waals surface area contributed by atoms with Crippen molar-refractivity contribution in [2.75, 3.05) is 5.75 Å². The standard InChI is InChI=1S/C12H19NO3S/c1-7-4-3-5-9(7)11(14)13-8(2)17-6-10(13)12(15)16/h7-10H,3-6H2,1-2H3,(H,15,16). The van der Waals surface area contributed by atoms with Gasteiger partial charge in [-0.15, -0.1) is 11.8 Å². The summed E-state index contributed by atoms with van der Waals surface area (Å²) in [5.41, 5.74) is 0. The number of carbonyl (C=O) groups excluding carboxylic acids is 1. The second kappa shape index (κ2) is 4.88. The van der Waals surface area contributed by atoms with Crippen LogP contribution in [-0.2, 0) is 9.59 Å². The van der Waals surface area contributed by atoms with E-state index >= 15 is 0 Å². The van der Waals surface area contributed by atoms with Gasteiger partial charge in [0.25, 0.3) is 0 Å². The molecule has 0 spiro atoms. The molecule has 0 aromatic rings. The van der Waals surface area contributed by atoms with Crippen molar-refractivity contribution in [1.82, 2.24) is 4.90 Å². The molecule has 1 saturated heterocycles. The summed E-state index contributed by atoms with van der Waals surface area (Å²) >= 11 is 1.55. The van der Waals surface area contributed by atoms with Gasteiger partial charge >= 0.3 is 5.97 Å². The first-order chi connectivity index (χ1) is 8.02. The summed E-state index contributed by atoms with van der Waals surface area (Å²) in [6.07, 6.45) is 3.09. The molecule has 5 heteroatoms. The number of thioether (sulfide) groups is 1. The lowest BCUT2D eigenvalue weighted by molar-refractivity contribution is -0.151. The van der Waals surface area contributed by atoms with Crippen molar-refractivity contribution < 1.29 is 14.7 Å². The van der Waals surface area contributed by atoms with Crippen molar-refractivity contribution in [1.29, 1.82) is 0 Å². The van der Waals surface area contributed by atoms with Gasteiger partial charge in [-0.25, -0.2) is 4.79 Å². The van der Waals surface area contributed by atoms with Gasteiger partial charge in [0.1, 0.15) is 6.04 Å². The average Bonchev–Trinajstić information content (AvgIpc) is 2.83. The van der Waals surface area contributed by atoms with Gasteiger partial charge in [0.2, 0.25) is 5.91 Å². The first-order valence-electron chi connectivity index (χ1n) is 6.19. The Morgan fingerprint density at radius 2 is 2.00 bits per heavy atom. The third kappa shape index (κ3) is 2.30. The summed E-state index contributed by atoms with van der Waals surface area (Å²) in [5.74, 6) is 0.136. The highest BCUT2D eigenvalue weighted by Gasteiger charge is 2.43. The topological polar surface area (TPSA) is 57.6 Å². The number of carboxylic acids is 1. The van der Waals surface area contributed by atoms with Crippen LogP contribution in [0.15, 0.2) is 0 Å². The van der Waals surface area contributed by atoms with E-state index in [0.717, 1.165) is 19.3 Å². The van der Waals surface area contributed by atoms with Crippen LogP contribution in [0.3, 0.4) is 0 Å². The van der Waals surface area contributed by atoms with Crippen molar-refractivity contribution in [2.45, 2.75) is 44.5 Å². The van der Waals surface area contributed by atoms with Crippen LogP contribution in [0.4, 0.5) is 0 Å². The number of hydrogen-bond acceptors (Lipinski definition) is 3. The van der Waals surface area contributed by atoms with E-state index in [1.165, 1.54) is 0 Å². The molecule has 1 aliphatic carbocycles. The number of carbonyl (C=O) groups is 2. The molecule has 4 unspecified atom stereocenters. The van der Waals surface area contributed by atoms with E-state index in [9.17, 15) is 9.59 Å². The van der Waals surface area contributed by atoms with Crippen molar-refractivity contribution >= 4 is 23.6 Å². The Balaban J connectivity index is 2.13. The highest BCUT2D eigenvalue weighted by Crippen LogP contribution is 2.37. The lowest BCUT2D eigenvalue weighted by atomic mass is 9.96. The lowest BCUT2D eigenvalue weighted by Crippen LogP contribution is -2.47. The molecule has 1 N–H and O–H groups in total. The summed E-state index contributed by atoms with van der Waals surface area (Å²) < 4.78 is 0. The molecule has 1 heterocycles.